The SMILES string of the molecule is Cc1ccc(N(c2ccccc2)c2cc3c(c4ccccc24)-c2ccc(C)cc2C3(C)C)cc1. The van der Waals surface area contributed by atoms with Crippen LogP contribution in [0.25, 0.3) is 21.9 Å². The minimum Gasteiger partial charge on any atom is -0.310 e. The Morgan fingerprint density at radius 1 is 0.559 bits per heavy atom. The fraction of sp³-hybridized carbons (Fsp3) is 0.152. The van der Waals surface area contributed by atoms with Gasteiger partial charge in [0.25, 0.3) is 0 Å². The van der Waals surface area contributed by atoms with Crippen LogP contribution in [0.2, 0.25) is 0 Å². The lowest BCUT2D eigenvalue weighted by molar-refractivity contribution is 0.660. The van der Waals surface area contributed by atoms with E-state index in [2.05, 4.69) is 136 Å². The fourth-order valence-electron chi connectivity index (χ4n) is 5.56. The van der Waals surface area contributed by atoms with Gasteiger partial charge in [-0.15, -0.1) is 0 Å². The molecule has 0 amide bonds. The highest BCUT2D eigenvalue weighted by Gasteiger charge is 2.37. The largest absolute Gasteiger partial charge is 0.310 e. The molecule has 0 spiro atoms. The Hall–Kier alpha value is -3.84. The second-order valence-electron chi connectivity index (χ2n) is 10.0. The molecule has 34 heavy (non-hydrogen) atoms. The van der Waals surface area contributed by atoms with E-state index in [-0.39, 0.29) is 5.41 Å². The molecule has 6 rings (SSSR count). The molecule has 0 saturated carbocycles. The maximum Gasteiger partial charge on any atom is 0.0543 e. The standard InChI is InChI=1S/C33H29N/c1-22-14-17-25(18-15-22)34(24-10-6-5-7-11-24)31-21-30-32(27-13-9-8-12-26(27)31)28-19-16-23(2)20-29(28)33(30,3)4/h5-21H,1-4H3. The first-order chi connectivity index (χ1) is 16.4. The fourth-order valence-corrected chi connectivity index (χ4v) is 5.56. The van der Waals surface area contributed by atoms with Gasteiger partial charge in [-0.3, -0.25) is 0 Å². The van der Waals surface area contributed by atoms with Gasteiger partial charge in [0.1, 0.15) is 0 Å². The predicted octanol–water partition coefficient (Wildman–Crippen LogP) is 9.23. The van der Waals surface area contributed by atoms with Gasteiger partial charge >= 0.3 is 0 Å². The summed E-state index contributed by atoms with van der Waals surface area (Å²) in [6.07, 6.45) is 0. The molecule has 0 N–H and O–H groups in total. The number of fused-ring (bicyclic) bond motifs is 5. The van der Waals surface area contributed by atoms with Crippen molar-refractivity contribution in [3.63, 3.8) is 0 Å². The summed E-state index contributed by atoms with van der Waals surface area (Å²) >= 11 is 0. The molecule has 1 nitrogen and oxygen atoms in total. The normalized spacial score (nSPS) is 13.5. The van der Waals surface area contributed by atoms with Gasteiger partial charge < -0.3 is 4.90 Å². The lowest BCUT2D eigenvalue weighted by atomic mass is 9.81. The van der Waals surface area contributed by atoms with Gasteiger partial charge in [0.2, 0.25) is 0 Å². The Bertz CT molecular complexity index is 1530. The maximum atomic E-state index is 2.44. The number of rotatable bonds is 3. The van der Waals surface area contributed by atoms with Crippen LogP contribution in [0.5, 0.6) is 0 Å². The average molecular weight is 440 g/mol. The molecule has 0 aromatic heterocycles. The summed E-state index contributed by atoms with van der Waals surface area (Å²) in [6.45, 7) is 9.07. The molecule has 166 valence electrons. The smallest absolute Gasteiger partial charge is 0.0543 e. The second-order valence-corrected chi connectivity index (χ2v) is 10.0. The van der Waals surface area contributed by atoms with Crippen LogP contribution in [0, 0.1) is 13.8 Å². The first kappa shape index (κ1) is 20.7. The summed E-state index contributed by atoms with van der Waals surface area (Å²) in [4.78, 5) is 2.41. The van der Waals surface area contributed by atoms with Crippen molar-refractivity contribution in [3.05, 3.63) is 125 Å². The number of para-hydroxylation sites is 1. The van der Waals surface area contributed by atoms with E-state index in [9.17, 15) is 0 Å². The number of anilines is 3. The average Bonchev–Trinajstić information content (AvgIpc) is 3.07. The van der Waals surface area contributed by atoms with Crippen LogP contribution in [0.1, 0.15) is 36.1 Å². The molecule has 0 bridgehead atoms. The second kappa shape index (κ2) is 7.60. The van der Waals surface area contributed by atoms with Crippen molar-refractivity contribution < 1.29 is 0 Å². The highest BCUT2D eigenvalue weighted by Crippen LogP contribution is 2.54. The summed E-state index contributed by atoms with van der Waals surface area (Å²) < 4.78 is 0. The highest BCUT2D eigenvalue weighted by molar-refractivity contribution is 6.09. The molecule has 1 aliphatic carbocycles. The number of hydrogen-bond acceptors (Lipinski definition) is 1. The van der Waals surface area contributed by atoms with Crippen LogP contribution in [0.3, 0.4) is 0 Å². The third-order valence-electron chi connectivity index (χ3n) is 7.36. The number of hydrogen-bond donors (Lipinski definition) is 0. The van der Waals surface area contributed by atoms with Crippen LogP contribution >= 0.6 is 0 Å². The van der Waals surface area contributed by atoms with Crippen molar-refractivity contribution in [2.75, 3.05) is 4.90 Å². The highest BCUT2D eigenvalue weighted by atomic mass is 15.1. The zero-order valence-electron chi connectivity index (χ0n) is 20.3. The molecule has 0 unspecified atom stereocenters. The molecule has 5 aromatic carbocycles. The van der Waals surface area contributed by atoms with Gasteiger partial charge in [-0.05, 0) is 71.8 Å². The Labute approximate surface area is 202 Å². The Balaban J connectivity index is 1.70. The molecule has 5 aromatic rings. The third-order valence-corrected chi connectivity index (χ3v) is 7.36. The van der Waals surface area contributed by atoms with Crippen LogP contribution in [-0.4, -0.2) is 0 Å². The molecule has 1 heteroatoms. The number of nitrogens with zero attached hydrogens (tertiary/aromatic N) is 1. The van der Waals surface area contributed by atoms with Crippen LogP contribution in [0.15, 0.2) is 103 Å². The molecule has 0 heterocycles. The summed E-state index contributed by atoms with van der Waals surface area (Å²) in [7, 11) is 0. The molecule has 0 fully saturated rings. The van der Waals surface area contributed by atoms with E-state index in [1.807, 2.05) is 0 Å². The number of benzene rings is 5. The summed E-state index contributed by atoms with van der Waals surface area (Å²) in [6, 6.07) is 37.9. The molecule has 1 aliphatic rings. The summed E-state index contributed by atoms with van der Waals surface area (Å²) in [5.74, 6) is 0. The van der Waals surface area contributed by atoms with Crippen LogP contribution in [-0.2, 0) is 5.41 Å². The molecule has 0 radical (unpaired) electrons. The molecule has 0 saturated heterocycles. The van der Waals surface area contributed by atoms with E-state index < -0.39 is 0 Å². The van der Waals surface area contributed by atoms with Crippen molar-refractivity contribution >= 4 is 27.8 Å². The van der Waals surface area contributed by atoms with Crippen molar-refractivity contribution in [2.45, 2.75) is 33.1 Å². The van der Waals surface area contributed by atoms with Gasteiger partial charge in [0, 0.05) is 22.2 Å². The van der Waals surface area contributed by atoms with E-state index >= 15 is 0 Å². The van der Waals surface area contributed by atoms with Gasteiger partial charge in [-0.1, -0.05) is 97.8 Å². The first-order valence-corrected chi connectivity index (χ1v) is 12.0. The van der Waals surface area contributed by atoms with Crippen molar-refractivity contribution in [2.24, 2.45) is 0 Å². The predicted molar refractivity (Wildman–Crippen MR) is 146 cm³/mol. The monoisotopic (exact) mass is 439 g/mol. The Morgan fingerprint density at radius 3 is 1.91 bits per heavy atom. The van der Waals surface area contributed by atoms with Gasteiger partial charge in [-0.25, -0.2) is 0 Å². The number of aryl methyl sites for hydroxylation is 2. The zero-order chi connectivity index (χ0) is 23.4. The van der Waals surface area contributed by atoms with Gasteiger partial charge in [0.15, 0.2) is 0 Å². The van der Waals surface area contributed by atoms with E-state index in [1.54, 1.807) is 0 Å². The molecular formula is C33H29N. The van der Waals surface area contributed by atoms with E-state index in [4.69, 9.17) is 0 Å². The van der Waals surface area contributed by atoms with E-state index in [0.717, 1.165) is 0 Å². The lowest BCUT2D eigenvalue weighted by Gasteiger charge is -2.30. The van der Waals surface area contributed by atoms with Gasteiger partial charge in [-0.2, -0.15) is 0 Å². The van der Waals surface area contributed by atoms with Crippen LogP contribution < -0.4 is 4.90 Å². The molecular weight excluding hydrogens is 410 g/mol. The van der Waals surface area contributed by atoms with Crippen LogP contribution in [0.4, 0.5) is 17.1 Å². The summed E-state index contributed by atoms with van der Waals surface area (Å²) in [5.41, 5.74) is 11.7. The Kier molecular flexibility index (Phi) is 4.64. The van der Waals surface area contributed by atoms with Crippen molar-refractivity contribution in [3.8, 4) is 11.1 Å². The minimum atomic E-state index is -0.0644. The first-order valence-electron chi connectivity index (χ1n) is 12.0. The van der Waals surface area contributed by atoms with Gasteiger partial charge in [0.05, 0.1) is 5.69 Å². The molecule has 0 atom stereocenters. The zero-order valence-corrected chi connectivity index (χ0v) is 20.3. The van der Waals surface area contributed by atoms with E-state index in [1.165, 1.54) is 61.2 Å². The quantitative estimate of drug-likeness (QED) is 0.271. The maximum absolute atomic E-state index is 2.44. The van der Waals surface area contributed by atoms with E-state index in [0.29, 0.717) is 0 Å². The topological polar surface area (TPSA) is 3.24 Å². The third kappa shape index (κ3) is 3.08. The lowest BCUT2D eigenvalue weighted by Crippen LogP contribution is -2.17. The minimum absolute atomic E-state index is 0.0644. The Morgan fingerprint density at radius 2 is 1.18 bits per heavy atom. The molecule has 0 aliphatic heterocycles. The van der Waals surface area contributed by atoms with Crippen molar-refractivity contribution in [1.29, 1.82) is 0 Å². The van der Waals surface area contributed by atoms with Crippen molar-refractivity contribution in [1.82, 2.24) is 0 Å². The summed E-state index contributed by atoms with van der Waals surface area (Å²) in [5, 5.41) is 2.59.